The van der Waals surface area contributed by atoms with Gasteiger partial charge in [0.2, 0.25) is 21.8 Å². The number of halogens is 1. The number of benzene rings is 2. The zero-order chi connectivity index (χ0) is 29.8. The van der Waals surface area contributed by atoms with Gasteiger partial charge in [-0.3, -0.25) is 19.4 Å². The summed E-state index contributed by atoms with van der Waals surface area (Å²) in [6, 6.07) is 15.5. The van der Waals surface area contributed by atoms with Gasteiger partial charge >= 0.3 is 5.97 Å². The molecule has 6 N–H and O–H groups in total. The standard InChI is InChI=1S/C28H32ClN5O6S/c29-23-9-8-21(15-30)22(14-23)16-32-26(35)17-33-28(38)25(11-10-24-3-1-2-12-31-24)34-41(39,40)18-20-6-4-19(5-7-20)13-27(36)37/h1-9,12,14,25,34H,10-11,13,15-18,30H2,(H,32,35)(H,33,38)(H,36,37). The second-order valence-corrected chi connectivity index (χ2v) is 11.5. The summed E-state index contributed by atoms with van der Waals surface area (Å²) in [4.78, 5) is 40.6. The van der Waals surface area contributed by atoms with Gasteiger partial charge in [0.25, 0.3) is 0 Å². The van der Waals surface area contributed by atoms with Crippen LogP contribution in [-0.2, 0) is 56.1 Å². The first-order valence-electron chi connectivity index (χ1n) is 12.8. The number of carbonyl (C=O) groups is 3. The van der Waals surface area contributed by atoms with Crippen molar-refractivity contribution in [1.29, 1.82) is 0 Å². The molecule has 0 fully saturated rings. The van der Waals surface area contributed by atoms with Gasteiger partial charge in [-0.25, -0.2) is 13.1 Å². The average Bonchev–Trinajstić information content (AvgIpc) is 2.94. The second kappa shape index (κ2) is 15.2. The lowest BCUT2D eigenvalue weighted by Gasteiger charge is -2.19. The van der Waals surface area contributed by atoms with Gasteiger partial charge in [-0.2, -0.15) is 0 Å². The van der Waals surface area contributed by atoms with Gasteiger partial charge in [-0.1, -0.05) is 48.0 Å². The van der Waals surface area contributed by atoms with Crippen LogP contribution in [0.5, 0.6) is 0 Å². The third kappa shape index (κ3) is 10.9. The molecular weight excluding hydrogens is 570 g/mol. The smallest absolute Gasteiger partial charge is 0.307 e. The summed E-state index contributed by atoms with van der Waals surface area (Å²) in [6.07, 6.45) is 1.84. The monoisotopic (exact) mass is 601 g/mol. The van der Waals surface area contributed by atoms with Crippen LogP contribution in [0.2, 0.25) is 5.02 Å². The maximum absolute atomic E-state index is 13.0. The van der Waals surface area contributed by atoms with E-state index in [9.17, 15) is 22.8 Å². The zero-order valence-corrected chi connectivity index (χ0v) is 23.7. The number of rotatable bonds is 15. The Hall–Kier alpha value is -3.84. The van der Waals surface area contributed by atoms with E-state index < -0.39 is 39.6 Å². The summed E-state index contributed by atoms with van der Waals surface area (Å²) in [5.74, 6) is -2.56. The Morgan fingerprint density at radius 2 is 1.71 bits per heavy atom. The molecule has 0 aliphatic carbocycles. The number of carboxylic acid groups (broad SMARTS) is 1. The molecule has 0 saturated heterocycles. The van der Waals surface area contributed by atoms with Crippen molar-refractivity contribution in [3.8, 4) is 0 Å². The van der Waals surface area contributed by atoms with Crippen molar-refractivity contribution in [2.45, 2.75) is 44.1 Å². The normalized spacial score (nSPS) is 12.0. The van der Waals surface area contributed by atoms with E-state index in [1.807, 2.05) is 0 Å². The molecule has 0 bridgehead atoms. The van der Waals surface area contributed by atoms with Gasteiger partial charge in [0.15, 0.2) is 0 Å². The number of hydrogen-bond donors (Lipinski definition) is 5. The summed E-state index contributed by atoms with van der Waals surface area (Å²) < 4.78 is 28.4. The molecule has 218 valence electrons. The number of nitrogens with two attached hydrogens (primary N) is 1. The van der Waals surface area contributed by atoms with Crippen LogP contribution >= 0.6 is 11.6 Å². The topological polar surface area (TPSA) is 181 Å². The molecule has 2 amide bonds. The van der Waals surface area contributed by atoms with Gasteiger partial charge in [0.05, 0.1) is 18.7 Å². The van der Waals surface area contributed by atoms with E-state index in [4.69, 9.17) is 22.4 Å². The van der Waals surface area contributed by atoms with Crippen LogP contribution in [0.4, 0.5) is 0 Å². The summed E-state index contributed by atoms with van der Waals surface area (Å²) in [5.41, 5.74) is 8.94. The summed E-state index contributed by atoms with van der Waals surface area (Å²) in [7, 11) is -3.99. The van der Waals surface area contributed by atoms with Crippen molar-refractivity contribution in [1.82, 2.24) is 20.3 Å². The highest BCUT2D eigenvalue weighted by Gasteiger charge is 2.25. The maximum atomic E-state index is 13.0. The number of carbonyl (C=O) groups excluding carboxylic acids is 2. The Morgan fingerprint density at radius 3 is 2.37 bits per heavy atom. The number of aliphatic carboxylic acids is 1. The molecule has 11 nitrogen and oxygen atoms in total. The van der Waals surface area contributed by atoms with Crippen molar-refractivity contribution in [3.05, 3.63) is 99.8 Å². The number of nitrogens with one attached hydrogen (secondary N) is 3. The van der Waals surface area contributed by atoms with Gasteiger partial charge in [0.1, 0.15) is 6.04 Å². The Morgan fingerprint density at radius 1 is 0.976 bits per heavy atom. The fourth-order valence-electron chi connectivity index (χ4n) is 3.99. The Labute approximate surface area is 243 Å². The summed E-state index contributed by atoms with van der Waals surface area (Å²) >= 11 is 6.04. The molecule has 3 rings (SSSR count). The van der Waals surface area contributed by atoms with Crippen LogP contribution in [0.25, 0.3) is 0 Å². The highest BCUT2D eigenvalue weighted by molar-refractivity contribution is 7.88. The van der Waals surface area contributed by atoms with Gasteiger partial charge in [-0.15, -0.1) is 0 Å². The van der Waals surface area contributed by atoms with E-state index >= 15 is 0 Å². The molecule has 0 spiro atoms. The number of hydrogen-bond acceptors (Lipinski definition) is 7. The number of pyridine rings is 1. The Balaban J connectivity index is 1.62. The average molecular weight is 602 g/mol. The number of carboxylic acids is 1. The largest absolute Gasteiger partial charge is 0.481 e. The van der Waals surface area contributed by atoms with Gasteiger partial charge in [0, 0.05) is 30.0 Å². The second-order valence-electron chi connectivity index (χ2n) is 9.29. The van der Waals surface area contributed by atoms with E-state index in [0.717, 1.165) is 11.1 Å². The highest BCUT2D eigenvalue weighted by atomic mass is 35.5. The van der Waals surface area contributed by atoms with E-state index in [-0.39, 0.29) is 32.5 Å². The fraction of sp³-hybridized carbons (Fsp3) is 0.286. The predicted octanol–water partition coefficient (Wildman–Crippen LogP) is 1.67. The van der Waals surface area contributed by atoms with Crippen molar-refractivity contribution in [3.63, 3.8) is 0 Å². The minimum Gasteiger partial charge on any atom is -0.481 e. The lowest BCUT2D eigenvalue weighted by atomic mass is 10.1. The lowest BCUT2D eigenvalue weighted by Crippen LogP contribution is -2.49. The molecule has 2 aromatic carbocycles. The predicted molar refractivity (Wildman–Crippen MR) is 154 cm³/mol. The van der Waals surface area contributed by atoms with Crippen molar-refractivity contribution in [2.24, 2.45) is 5.73 Å². The lowest BCUT2D eigenvalue weighted by molar-refractivity contribution is -0.136. The minimum absolute atomic E-state index is 0.101. The summed E-state index contributed by atoms with van der Waals surface area (Å²) in [6.45, 7) is 0.0523. The number of aromatic nitrogens is 1. The molecule has 1 unspecified atom stereocenters. The van der Waals surface area contributed by atoms with Crippen LogP contribution < -0.4 is 21.1 Å². The molecule has 1 aromatic heterocycles. The number of sulfonamides is 1. The third-order valence-electron chi connectivity index (χ3n) is 6.08. The van der Waals surface area contributed by atoms with E-state index in [0.29, 0.717) is 28.3 Å². The maximum Gasteiger partial charge on any atom is 0.307 e. The Kier molecular flexibility index (Phi) is 11.8. The molecule has 0 aliphatic rings. The third-order valence-corrected chi connectivity index (χ3v) is 7.67. The molecule has 0 saturated carbocycles. The molecule has 0 aliphatic heterocycles. The van der Waals surface area contributed by atoms with Crippen LogP contribution in [0.1, 0.15) is 34.4 Å². The van der Waals surface area contributed by atoms with E-state index in [1.165, 1.54) is 12.1 Å². The first-order valence-corrected chi connectivity index (χ1v) is 14.8. The SMILES string of the molecule is NCc1ccc(Cl)cc1CNC(=O)CNC(=O)C(CCc1ccccn1)NS(=O)(=O)Cc1ccc(CC(=O)O)cc1. The quantitative estimate of drug-likeness (QED) is 0.174. The van der Waals surface area contributed by atoms with Crippen molar-refractivity contribution < 1.29 is 27.9 Å². The summed E-state index contributed by atoms with van der Waals surface area (Å²) in [5, 5.41) is 14.6. The first kappa shape index (κ1) is 31.7. The van der Waals surface area contributed by atoms with Gasteiger partial charge < -0.3 is 21.5 Å². The van der Waals surface area contributed by atoms with Gasteiger partial charge in [-0.05, 0) is 59.4 Å². The molecular formula is C28H32ClN5O6S. The molecule has 13 heteroatoms. The van der Waals surface area contributed by atoms with E-state index in [1.54, 1.807) is 54.7 Å². The number of amides is 2. The zero-order valence-electron chi connectivity index (χ0n) is 22.2. The minimum atomic E-state index is -3.99. The molecule has 3 aromatic rings. The van der Waals surface area contributed by atoms with Crippen molar-refractivity contribution >= 4 is 39.4 Å². The molecule has 41 heavy (non-hydrogen) atoms. The van der Waals surface area contributed by atoms with Crippen molar-refractivity contribution in [2.75, 3.05) is 6.54 Å². The fourth-order valence-corrected chi connectivity index (χ4v) is 5.56. The van der Waals surface area contributed by atoms with Crippen LogP contribution in [-0.4, -0.2) is 48.9 Å². The van der Waals surface area contributed by atoms with E-state index in [2.05, 4.69) is 20.3 Å². The number of nitrogens with zero attached hydrogens (tertiary/aromatic N) is 1. The van der Waals surface area contributed by atoms with Crippen LogP contribution in [0, 0.1) is 0 Å². The first-order chi connectivity index (χ1) is 19.5. The highest BCUT2D eigenvalue weighted by Crippen LogP contribution is 2.16. The van der Waals surface area contributed by atoms with Crippen LogP contribution in [0.3, 0.4) is 0 Å². The molecule has 0 radical (unpaired) electrons. The van der Waals surface area contributed by atoms with Crippen LogP contribution in [0.15, 0.2) is 66.9 Å². The Bertz CT molecular complexity index is 1450. The number of aryl methyl sites for hydroxylation is 1. The molecule has 1 atom stereocenters. The molecule has 1 heterocycles.